The third-order valence-corrected chi connectivity index (χ3v) is 6.14. The monoisotopic (exact) mass is 518 g/mol. The Balaban J connectivity index is 1.45. The first kappa shape index (κ1) is 23.7. The number of rotatable bonds is 4. The van der Waals surface area contributed by atoms with Gasteiger partial charge in [0, 0.05) is 25.6 Å². The van der Waals surface area contributed by atoms with Gasteiger partial charge in [0.2, 0.25) is 0 Å². The van der Waals surface area contributed by atoms with Crippen molar-refractivity contribution in [1.82, 2.24) is 43.9 Å². The van der Waals surface area contributed by atoms with E-state index in [4.69, 9.17) is 10.8 Å². The number of nitrogens with two attached hydrogens (primary N) is 1. The van der Waals surface area contributed by atoms with Crippen LogP contribution in [-0.2, 0) is 7.05 Å². The highest BCUT2D eigenvalue weighted by Crippen LogP contribution is 2.19. The zero-order chi connectivity index (χ0) is 27.1. The normalized spacial score (nSPS) is 11.8. The number of nitrogens with one attached hydrogen (secondary N) is 1. The van der Waals surface area contributed by atoms with Gasteiger partial charge in [-0.1, -0.05) is 30.0 Å². The van der Waals surface area contributed by atoms with Gasteiger partial charge in [-0.05, 0) is 37.3 Å². The van der Waals surface area contributed by atoms with Gasteiger partial charge in [0.1, 0.15) is 5.52 Å². The van der Waals surface area contributed by atoms with E-state index in [0.717, 1.165) is 5.56 Å². The van der Waals surface area contributed by atoms with Gasteiger partial charge in [-0.2, -0.15) is 15.3 Å². The van der Waals surface area contributed by atoms with Gasteiger partial charge in [-0.3, -0.25) is 18.8 Å². The quantitative estimate of drug-likeness (QED) is 0.339. The highest BCUT2D eigenvalue weighted by Gasteiger charge is 2.25. The fraction of sp³-hybridized carbons (Fsp3) is 0.111. The number of nitrogens with zero attached hydrogens (tertiary/aromatic N) is 8. The van der Waals surface area contributed by atoms with Crippen LogP contribution in [-0.4, -0.2) is 44.5 Å². The van der Waals surface area contributed by atoms with E-state index in [1.165, 1.54) is 19.8 Å². The lowest BCUT2D eigenvalue weighted by atomic mass is 10.2. The summed E-state index contributed by atoms with van der Waals surface area (Å²) in [6.45, 7) is 1.74. The maximum absolute atomic E-state index is 14.0. The van der Waals surface area contributed by atoms with Gasteiger partial charge in [0.25, 0.3) is 11.5 Å². The number of anilines is 1. The number of aryl methyl sites for hydroxylation is 1. The average Bonchev–Trinajstić information content (AvgIpc) is 3.63. The largest absolute Gasteiger partial charge is 0.382 e. The summed E-state index contributed by atoms with van der Waals surface area (Å²) in [6, 6.07) is 13.5. The molecule has 1 atom stereocenters. The van der Waals surface area contributed by atoms with Crippen molar-refractivity contribution in [2.45, 2.75) is 13.0 Å². The maximum Gasteiger partial charge on any atom is 0.283 e. The van der Waals surface area contributed by atoms with Crippen molar-refractivity contribution in [2.24, 2.45) is 7.05 Å². The van der Waals surface area contributed by atoms with Crippen molar-refractivity contribution in [3.05, 3.63) is 106 Å². The molecule has 1 aromatic carbocycles. The number of hydrogen-bond acceptors (Lipinski definition) is 7. The van der Waals surface area contributed by atoms with Gasteiger partial charge in [-0.15, -0.1) is 0 Å². The van der Waals surface area contributed by atoms with Crippen molar-refractivity contribution >= 4 is 22.9 Å². The molecule has 3 N–H and O–H groups in total. The Bertz CT molecular complexity index is 1990. The first-order chi connectivity index (χ1) is 18.9. The van der Waals surface area contributed by atoms with Crippen molar-refractivity contribution in [3.63, 3.8) is 0 Å². The third-order valence-electron chi connectivity index (χ3n) is 6.14. The number of nitrogen functional groups attached to an aromatic ring is 1. The summed E-state index contributed by atoms with van der Waals surface area (Å²) < 4.78 is 5.99. The Hall–Kier alpha value is -5.70. The number of hydrogen-bond donors (Lipinski definition) is 2. The molecule has 0 aliphatic carbocycles. The topological polar surface area (TPSA) is 142 Å². The first-order valence-electron chi connectivity index (χ1n) is 12.0. The summed E-state index contributed by atoms with van der Waals surface area (Å²) in [5.74, 6) is 5.96. The molecular formula is C27H22N10O2. The molecule has 0 saturated carbocycles. The Kier molecular flexibility index (Phi) is 5.65. The molecule has 5 heterocycles. The van der Waals surface area contributed by atoms with Crippen LogP contribution >= 0.6 is 0 Å². The van der Waals surface area contributed by atoms with E-state index in [-0.39, 0.29) is 17.1 Å². The zero-order valence-corrected chi connectivity index (χ0v) is 21.0. The molecule has 6 aromatic rings. The number of carbonyl (C=O) groups is 1. The molecule has 39 heavy (non-hydrogen) atoms. The van der Waals surface area contributed by atoms with Gasteiger partial charge >= 0.3 is 0 Å². The molecule has 12 heteroatoms. The second-order valence-corrected chi connectivity index (χ2v) is 8.84. The Morgan fingerprint density at radius 2 is 1.90 bits per heavy atom. The molecule has 0 radical (unpaired) electrons. The number of fused-ring (bicyclic) bond motifs is 2. The van der Waals surface area contributed by atoms with Crippen LogP contribution in [0.15, 0.2) is 78.1 Å². The average molecular weight is 519 g/mol. The van der Waals surface area contributed by atoms with Crippen LogP contribution in [0, 0.1) is 11.8 Å². The molecule has 0 saturated heterocycles. The van der Waals surface area contributed by atoms with E-state index in [0.29, 0.717) is 28.2 Å². The second kappa shape index (κ2) is 9.31. The smallest absolute Gasteiger partial charge is 0.283 e. The highest BCUT2D eigenvalue weighted by atomic mass is 16.2. The van der Waals surface area contributed by atoms with Crippen LogP contribution in [0.2, 0.25) is 0 Å². The standard InChI is InChI=1S/C27H22N10O2/c1-17(31-26(38)23-24(28)32-21-9-6-13-29-37(21)23)25-33-35-14-12-19(11-10-18-15-30-34(2)16-18)22(35)27(39)36(25)20-7-4-3-5-8-20/h3-9,12-17H,28H2,1-2H3,(H,31,38). The van der Waals surface area contributed by atoms with Crippen LogP contribution in [0.1, 0.15) is 40.4 Å². The Labute approximate surface area is 221 Å². The van der Waals surface area contributed by atoms with Crippen molar-refractivity contribution in [2.75, 3.05) is 5.73 Å². The number of carbonyl (C=O) groups excluding carboxylic acids is 1. The van der Waals surface area contributed by atoms with Crippen LogP contribution < -0.4 is 16.6 Å². The van der Waals surface area contributed by atoms with Crippen LogP contribution in [0.5, 0.6) is 0 Å². The molecule has 0 bridgehead atoms. The van der Waals surface area contributed by atoms with E-state index in [2.05, 4.69) is 32.3 Å². The molecule has 5 aromatic heterocycles. The van der Waals surface area contributed by atoms with Gasteiger partial charge < -0.3 is 11.1 Å². The molecular weight excluding hydrogens is 496 g/mol. The summed E-state index contributed by atoms with van der Waals surface area (Å²) in [6.07, 6.45) is 6.65. The minimum absolute atomic E-state index is 0.0458. The lowest BCUT2D eigenvalue weighted by molar-refractivity contribution is 0.0931. The summed E-state index contributed by atoms with van der Waals surface area (Å²) in [5, 5.41) is 15.9. The van der Waals surface area contributed by atoms with Crippen LogP contribution in [0.4, 0.5) is 5.82 Å². The third kappa shape index (κ3) is 4.17. The molecule has 12 nitrogen and oxygen atoms in total. The SMILES string of the molecule is CC(NC(=O)c1c(N)nc2cccnn12)c1nn2ccc(C#Cc3cnn(C)c3)c2c(=O)n1-c1ccccc1. The van der Waals surface area contributed by atoms with Crippen LogP contribution in [0.3, 0.4) is 0 Å². The van der Waals surface area contributed by atoms with Gasteiger partial charge in [0.05, 0.1) is 29.1 Å². The molecule has 0 spiro atoms. The summed E-state index contributed by atoms with van der Waals surface area (Å²) in [4.78, 5) is 31.5. The predicted octanol–water partition coefficient (Wildman–Crippen LogP) is 1.73. The minimum atomic E-state index is -0.698. The van der Waals surface area contributed by atoms with E-state index in [9.17, 15) is 9.59 Å². The number of para-hydroxylation sites is 1. The van der Waals surface area contributed by atoms with E-state index >= 15 is 0 Å². The van der Waals surface area contributed by atoms with E-state index in [1.807, 2.05) is 25.2 Å². The van der Waals surface area contributed by atoms with Crippen molar-refractivity contribution in [3.8, 4) is 17.5 Å². The zero-order valence-electron chi connectivity index (χ0n) is 21.0. The lowest BCUT2D eigenvalue weighted by Gasteiger charge is -2.19. The van der Waals surface area contributed by atoms with Crippen molar-refractivity contribution < 1.29 is 4.79 Å². The fourth-order valence-electron chi connectivity index (χ4n) is 4.36. The highest BCUT2D eigenvalue weighted by molar-refractivity contribution is 5.97. The summed E-state index contributed by atoms with van der Waals surface area (Å²) >= 11 is 0. The number of amides is 1. The Morgan fingerprint density at radius 3 is 2.67 bits per heavy atom. The molecule has 0 aliphatic heterocycles. The maximum atomic E-state index is 14.0. The fourth-order valence-corrected chi connectivity index (χ4v) is 4.36. The van der Waals surface area contributed by atoms with Gasteiger partial charge in [0.15, 0.2) is 23.0 Å². The number of benzene rings is 1. The van der Waals surface area contributed by atoms with Crippen LogP contribution in [0.25, 0.3) is 16.9 Å². The molecule has 6 rings (SSSR count). The van der Waals surface area contributed by atoms with Gasteiger partial charge in [-0.25, -0.2) is 14.0 Å². The molecule has 0 fully saturated rings. The lowest BCUT2D eigenvalue weighted by Crippen LogP contribution is -2.35. The molecule has 1 amide bonds. The predicted molar refractivity (Wildman–Crippen MR) is 143 cm³/mol. The summed E-state index contributed by atoms with van der Waals surface area (Å²) in [7, 11) is 1.81. The summed E-state index contributed by atoms with van der Waals surface area (Å²) in [5.41, 5.74) is 8.40. The Morgan fingerprint density at radius 1 is 1.08 bits per heavy atom. The molecule has 192 valence electrons. The molecule has 0 aliphatic rings. The van der Waals surface area contributed by atoms with Crippen molar-refractivity contribution in [1.29, 1.82) is 0 Å². The first-order valence-corrected chi connectivity index (χ1v) is 12.0. The second-order valence-electron chi connectivity index (χ2n) is 8.84. The van der Waals surface area contributed by atoms with E-state index < -0.39 is 11.9 Å². The number of aromatic nitrogens is 8. The minimum Gasteiger partial charge on any atom is -0.382 e. The number of imidazole rings is 1. The van der Waals surface area contributed by atoms with E-state index in [1.54, 1.807) is 60.5 Å². The molecule has 1 unspecified atom stereocenters.